The Hall–Kier alpha value is -1.42. The predicted molar refractivity (Wildman–Crippen MR) is 71.0 cm³/mol. The van der Waals surface area contributed by atoms with Crippen molar-refractivity contribution in [1.82, 2.24) is 15.6 Å². The molecule has 0 aliphatic carbocycles. The molecule has 1 fully saturated rings. The van der Waals surface area contributed by atoms with Gasteiger partial charge in [0.25, 0.3) is 0 Å². The first-order valence-corrected chi connectivity index (χ1v) is 6.57. The van der Waals surface area contributed by atoms with Gasteiger partial charge < -0.3 is 10.6 Å². The summed E-state index contributed by atoms with van der Waals surface area (Å²) in [6.07, 6.45) is 3.57. The fourth-order valence-corrected chi connectivity index (χ4v) is 2.45. The molecule has 18 heavy (non-hydrogen) atoms. The SMILES string of the molecule is CCC1(C(=O)NCc2ncccc2C)CCNC1. The average Bonchev–Trinajstić information content (AvgIpc) is 2.87. The van der Waals surface area contributed by atoms with Crippen LogP contribution in [0.25, 0.3) is 0 Å². The fraction of sp³-hybridized carbons (Fsp3) is 0.571. The third kappa shape index (κ3) is 2.53. The number of nitrogens with zero attached hydrogens (tertiary/aromatic N) is 1. The summed E-state index contributed by atoms with van der Waals surface area (Å²) in [5.41, 5.74) is 1.85. The van der Waals surface area contributed by atoms with Gasteiger partial charge >= 0.3 is 0 Å². The van der Waals surface area contributed by atoms with Crippen molar-refractivity contribution < 1.29 is 4.79 Å². The van der Waals surface area contributed by atoms with E-state index in [1.54, 1.807) is 6.20 Å². The van der Waals surface area contributed by atoms with E-state index in [9.17, 15) is 4.79 Å². The van der Waals surface area contributed by atoms with Crippen LogP contribution in [0, 0.1) is 12.3 Å². The first-order chi connectivity index (χ1) is 8.68. The molecule has 2 heterocycles. The second-order valence-electron chi connectivity index (χ2n) is 5.01. The molecule has 2 rings (SSSR count). The lowest BCUT2D eigenvalue weighted by Gasteiger charge is -2.25. The van der Waals surface area contributed by atoms with Crippen LogP contribution in [-0.2, 0) is 11.3 Å². The first-order valence-electron chi connectivity index (χ1n) is 6.57. The van der Waals surface area contributed by atoms with Crippen molar-refractivity contribution in [1.29, 1.82) is 0 Å². The first kappa shape index (κ1) is 13.0. The van der Waals surface area contributed by atoms with Crippen LogP contribution in [0.5, 0.6) is 0 Å². The molecule has 1 atom stereocenters. The van der Waals surface area contributed by atoms with E-state index in [2.05, 4.69) is 22.5 Å². The lowest BCUT2D eigenvalue weighted by molar-refractivity contribution is -0.130. The molecule has 1 aliphatic rings. The van der Waals surface area contributed by atoms with E-state index in [0.717, 1.165) is 37.2 Å². The number of nitrogens with one attached hydrogen (secondary N) is 2. The Morgan fingerprint density at radius 2 is 2.44 bits per heavy atom. The second-order valence-corrected chi connectivity index (χ2v) is 5.01. The van der Waals surface area contributed by atoms with Gasteiger partial charge in [-0.05, 0) is 37.9 Å². The van der Waals surface area contributed by atoms with Crippen molar-refractivity contribution in [3.8, 4) is 0 Å². The molecule has 1 unspecified atom stereocenters. The number of hydrogen-bond acceptors (Lipinski definition) is 3. The summed E-state index contributed by atoms with van der Waals surface area (Å²) in [4.78, 5) is 16.6. The predicted octanol–water partition coefficient (Wildman–Crippen LogP) is 1.40. The van der Waals surface area contributed by atoms with Crippen molar-refractivity contribution in [3.05, 3.63) is 29.6 Å². The average molecular weight is 247 g/mol. The molecule has 1 aromatic rings. The number of aromatic nitrogens is 1. The van der Waals surface area contributed by atoms with Crippen LogP contribution in [0.2, 0.25) is 0 Å². The highest BCUT2D eigenvalue weighted by Crippen LogP contribution is 2.29. The highest BCUT2D eigenvalue weighted by atomic mass is 16.2. The second kappa shape index (κ2) is 5.48. The van der Waals surface area contributed by atoms with Crippen LogP contribution < -0.4 is 10.6 Å². The van der Waals surface area contributed by atoms with E-state index in [1.807, 2.05) is 19.1 Å². The maximum Gasteiger partial charge on any atom is 0.227 e. The zero-order valence-corrected chi connectivity index (χ0v) is 11.1. The molecular weight excluding hydrogens is 226 g/mol. The van der Waals surface area contributed by atoms with Crippen molar-refractivity contribution >= 4 is 5.91 Å². The van der Waals surface area contributed by atoms with E-state index < -0.39 is 0 Å². The molecule has 0 bridgehead atoms. The van der Waals surface area contributed by atoms with Gasteiger partial charge in [0, 0.05) is 12.7 Å². The van der Waals surface area contributed by atoms with Gasteiger partial charge in [0.1, 0.15) is 0 Å². The third-order valence-corrected chi connectivity index (χ3v) is 3.94. The minimum absolute atomic E-state index is 0.153. The lowest BCUT2D eigenvalue weighted by Crippen LogP contribution is -2.42. The molecule has 0 spiro atoms. The maximum atomic E-state index is 12.3. The number of pyridine rings is 1. The summed E-state index contributed by atoms with van der Waals surface area (Å²) < 4.78 is 0. The van der Waals surface area contributed by atoms with E-state index in [0.29, 0.717) is 6.54 Å². The van der Waals surface area contributed by atoms with Crippen LogP contribution in [0.1, 0.15) is 31.0 Å². The molecule has 0 aromatic carbocycles. The van der Waals surface area contributed by atoms with E-state index in [4.69, 9.17) is 0 Å². The normalized spacial score (nSPS) is 23.0. The molecule has 0 radical (unpaired) electrons. The standard InChI is InChI=1S/C14H21N3O/c1-3-14(6-8-15-10-14)13(18)17-9-12-11(2)5-4-7-16-12/h4-5,7,15H,3,6,8-10H2,1-2H3,(H,17,18). The smallest absolute Gasteiger partial charge is 0.227 e. The lowest BCUT2D eigenvalue weighted by atomic mass is 9.83. The quantitative estimate of drug-likeness (QED) is 0.845. The minimum atomic E-state index is -0.220. The largest absolute Gasteiger partial charge is 0.350 e. The number of carbonyl (C=O) groups excluding carboxylic acids is 1. The Morgan fingerprint density at radius 3 is 3.06 bits per heavy atom. The highest BCUT2D eigenvalue weighted by molar-refractivity contribution is 5.83. The molecule has 98 valence electrons. The highest BCUT2D eigenvalue weighted by Gasteiger charge is 2.39. The van der Waals surface area contributed by atoms with Crippen LogP contribution in [0.3, 0.4) is 0 Å². The number of carbonyl (C=O) groups is 1. The van der Waals surface area contributed by atoms with E-state index in [-0.39, 0.29) is 11.3 Å². The maximum absolute atomic E-state index is 12.3. The molecule has 1 amide bonds. The van der Waals surface area contributed by atoms with Gasteiger partial charge in [-0.25, -0.2) is 0 Å². The van der Waals surface area contributed by atoms with Gasteiger partial charge in [-0.15, -0.1) is 0 Å². The monoisotopic (exact) mass is 247 g/mol. The Bertz CT molecular complexity index is 425. The zero-order valence-electron chi connectivity index (χ0n) is 11.1. The summed E-state index contributed by atoms with van der Waals surface area (Å²) in [7, 11) is 0. The summed E-state index contributed by atoms with van der Waals surface area (Å²) in [5, 5.41) is 6.31. The molecule has 4 heteroatoms. The van der Waals surface area contributed by atoms with Gasteiger partial charge in [0.05, 0.1) is 17.7 Å². The topological polar surface area (TPSA) is 54.0 Å². The van der Waals surface area contributed by atoms with Gasteiger partial charge in [-0.2, -0.15) is 0 Å². The van der Waals surface area contributed by atoms with Crippen molar-refractivity contribution in [2.24, 2.45) is 5.41 Å². The van der Waals surface area contributed by atoms with Gasteiger partial charge in [-0.1, -0.05) is 13.0 Å². The molecule has 1 saturated heterocycles. The summed E-state index contributed by atoms with van der Waals surface area (Å²) in [5.74, 6) is 0.153. The van der Waals surface area contributed by atoms with Gasteiger partial charge in [-0.3, -0.25) is 9.78 Å². The molecule has 4 nitrogen and oxygen atoms in total. The van der Waals surface area contributed by atoms with Crippen LogP contribution in [-0.4, -0.2) is 24.0 Å². The number of rotatable bonds is 4. The Balaban J connectivity index is 1.98. The van der Waals surface area contributed by atoms with E-state index >= 15 is 0 Å². The Labute approximate surface area is 108 Å². The van der Waals surface area contributed by atoms with Crippen LogP contribution >= 0.6 is 0 Å². The number of amides is 1. The molecular formula is C14H21N3O. The van der Waals surface area contributed by atoms with Crippen LogP contribution in [0.15, 0.2) is 18.3 Å². The molecule has 2 N–H and O–H groups in total. The number of hydrogen-bond donors (Lipinski definition) is 2. The summed E-state index contributed by atoms with van der Waals surface area (Å²) in [6, 6.07) is 3.93. The van der Waals surface area contributed by atoms with Crippen LogP contribution in [0.4, 0.5) is 0 Å². The fourth-order valence-electron chi connectivity index (χ4n) is 2.45. The number of aryl methyl sites for hydroxylation is 1. The minimum Gasteiger partial charge on any atom is -0.350 e. The van der Waals surface area contributed by atoms with Crippen molar-refractivity contribution in [2.75, 3.05) is 13.1 Å². The van der Waals surface area contributed by atoms with E-state index in [1.165, 1.54) is 0 Å². The van der Waals surface area contributed by atoms with Gasteiger partial charge in [0.15, 0.2) is 0 Å². The molecule has 1 aromatic heterocycles. The summed E-state index contributed by atoms with van der Waals surface area (Å²) >= 11 is 0. The Morgan fingerprint density at radius 1 is 1.61 bits per heavy atom. The van der Waals surface area contributed by atoms with Crippen molar-refractivity contribution in [3.63, 3.8) is 0 Å². The zero-order chi connectivity index (χ0) is 13.0. The van der Waals surface area contributed by atoms with Gasteiger partial charge in [0.2, 0.25) is 5.91 Å². The summed E-state index contributed by atoms with van der Waals surface area (Å²) in [6.45, 7) is 6.34. The Kier molecular flexibility index (Phi) is 3.97. The third-order valence-electron chi connectivity index (χ3n) is 3.94. The van der Waals surface area contributed by atoms with Crippen molar-refractivity contribution in [2.45, 2.75) is 33.2 Å². The molecule has 0 saturated carbocycles. The molecule has 1 aliphatic heterocycles.